The van der Waals surface area contributed by atoms with Crippen LogP contribution in [0.5, 0.6) is 0 Å². The molecule has 5 rings (SSSR count). The number of aryl methyl sites for hydroxylation is 2. The minimum atomic E-state index is 0.0324. The molecule has 3 heterocycles. The Balaban J connectivity index is 1.38. The quantitative estimate of drug-likeness (QED) is 0.661. The summed E-state index contributed by atoms with van der Waals surface area (Å²) in [5, 5.41) is 6.61. The van der Waals surface area contributed by atoms with Crippen LogP contribution in [0.3, 0.4) is 0 Å². The van der Waals surface area contributed by atoms with Crippen molar-refractivity contribution in [3.05, 3.63) is 57.4 Å². The van der Waals surface area contributed by atoms with Crippen molar-refractivity contribution < 1.29 is 4.79 Å². The first-order valence-electron chi connectivity index (χ1n) is 10.5. The molecule has 2 aromatic heterocycles. The maximum Gasteiger partial charge on any atom is 0.253 e. The Morgan fingerprint density at radius 1 is 1.11 bits per heavy atom. The van der Waals surface area contributed by atoms with Crippen molar-refractivity contribution >= 4 is 28.1 Å². The number of nitrogens with one attached hydrogen (secondary N) is 2. The van der Waals surface area contributed by atoms with E-state index >= 15 is 0 Å². The van der Waals surface area contributed by atoms with Crippen molar-refractivity contribution in [2.45, 2.75) is 44.6 Å². The smallest absolute Gasteiger partial charge is 0.253 e. The molecular weight excluding hydrogens is 366 g/mol. The Bertz CT molecular complexity index is 969. The zero-order valence-electron chi connectivity index (χ0n) is 16.2. The average Bonchev–Trinajstić information content (AvgIpc) is 3.48. The van der Waals surface area contributed by atoms with Crippen LogP contribution in [0.2, 0.25) is 0 Å². The number of carbonyl (C=O) groups is 1. The molecule has 0 radical (unpaired) electrons. The number of amides is 1. The molecule has 1 aliphatic heterocycles. The van der Waals surface area contributed by atoms with E-state index in [-0.39, 0.29) is 11.9 Å². The Morgan fingerprint density at radius 2 is 1.96 bits per heavy atom. The van der Waals surface area contributed by atoms with Gasteiger partial charge in [-0.25, -0.2) is 0 Å². The van der Waals surface area contributed by atoms with Crippen LogP contribution >= 0.6 is 11.3 Å². The number of rotatable bonds is 5. The molecule has 146 valence electrons. The molecular formula is C23H27N3OS. The summed E-state index contributed by atoms with van der Waals surface area (Å²) in [6.45, 7) is 2.91. The summed E-state index contributed by atoms with van der Waals surface area (Å²) in [6, 6.07) is 10.7. The molecule has 5 heteroatoms. The van der Waals surface area contributed by atoms with E-state index in [4.69, 9.17) is 0 Å². The lowest BCUT2D eigenvalue weighted by molar-refractivity contribution is 0.0940. The van der Waals surface area contributed by atoms with Crippen molar-refractivity contribution in [2.24, 2.45) is 0 Å². The number of H-pyrrole nitrogens is 1. The second kappa shape index (κ2) is 7.72. The highest BCUT2D eigenvalue weighted by Gasteiger charge is 2.25. The number of carbonyl (C=O) groups excluding carboxylic acids is 1. The summed E-state index contributed by atoms with van der Waals surface area (Å²) >= 11 is 1.79. The molecule has 1 amide bonds. The maximum absolute atomic E-state index is 13.1. The van der Waals surface area contributed by atoms with Crippen molar-refractivity contribution in [3.63, 3.8) is 0 Å². The zero-order chi connectivity index (χ0) is 18.9. The van der Waals surface area contributed by atoms with Crippen LogP contribution in [0.15, 0.2) is 35.7 Å². The van der Waals surface area contributed by atoms with E-state index in [1.165, 1.54) is 47.2 Å². The first-order chi connectivity index (χ1) is 13.8. The third-order valence-corrected chi connectivity index (χ3v) is 7.26. The van der Waals surface area contributed by atoms with Gasteiger partial charge in [0.05, 0.1) is 17.1 Å². The number of hydrogen-bond acceptors (Lipinski definition) is 3. The van der Waals surface area contributed by atoms with Crippen LogP contribution in [-0.2, 0) is 12.8 Å². The van der Waals surface area contributed by atoms with Gasteiger partial charge in [0.2, 0.25) is 0 Å². The van der Waals surface area contributed by atoms with Gasteiger partial charge in [0.15, 0.2) is 0 Å². The molecule has 2 N–H and O–H groups in total. The van der Waals surface area contributed by atoms with Gasteiger partial charge in [-0.1, -0.05) is 18.2 Å². The zero-order valence-corrected chi connectivity index (χ0v) is 17.0. The van der Waals surface area contributed by atoms with Gasteiger partial charge in [0, 0.05) is 22.5 Å². The van der Waals surface area contributed by atoms with Gasteiger partial charge in [-0.3, -0.25) is 9.69 Å². The lowest BCUT2D eigenvalue weighted by atomic mass is 9.95. The van der Waals surface area contributed by atoms with Crippen molar-refractivity contribution in [2.75, 3.05) is 19.6 Å². The number of para-hydroxylation sites is 1. The molecule has 1 atom stereocenters. The number of aromatic amines is 1. The van der Waals surface area contributed by atoms with Crippen LogP contribution in [-0.4, -0.2) is 35.4 Å². The predicted molar refractivity (Wildman–Crippen MR) is 115 cm³/mol. The fraction of sp³-hybridized carbons (Fsp3) is 0.435. The molecule has 0 spiro atoms. The van der Waals surface area contributed by atoms with E-state index in [1.54, 1.807) is 11.3 Å². The van der Waals surface area contributed by atoms with Gasteiger partial charge in [-0.2, -0.15) is 0 Å². The third-order valence-electron chi connectivity index (χ3n) is 6.29. The second-order valence-corrected chi connectivity index (χ2v) is 8.98. The molecule has 3 aromatic rings. The Kier molecular flexibility index (Phi) is 4.95. The van der Waals surface area contributed by atoms with Crippen molar-refractivity contribution in [1.82, 2.24) is 15.2 Å². The molecule has 1 aliphatic carbocycles. The van der Waals surface area contributed by atoms with E-state index in [9.17, 15) is 4.79 Å². The number of hydrogen-bond donors (Lipinski definition) is 2. The monoisotopic (exact) mass is 393 g/mol. The normalized spacial score (nSPS) is 18.3. The summed E-state index contributed by atoms with van der Waals surface area (Å²) in [4.78, 5) is 20.5. The molecule has 1 unspecified atom stereocenters. The molecule has 1 fully saturated rings. The minimum Gasteiger partial charge on any atom is -0.358 e. The van der Waals surface area contributed by atoms with Gasteiger partial charge in [-0.15, -0.1) is 11.3 Å². The fourth-order valence-corrected chi connectivity index (χ4v) is 5.71. The van der Waals surface area contributed by atoms with Gasteiger partial charge in [0.25, 0.3) is 5.91 Å². The number of thiophene rings is 1. The van der Waals surface area contributed by atoms with Crippen LogP contribution in [0.1, 0.15) is 58.2 Å². The number of likely N-dealkylation sites (tertiary alicyclic amines) is 1. The van der Waals surface area contributed by atoms with Crippen LogP contribution in [0.25, 0.3) is 10.9 Å². The van der Waals surface area contributed by atoms with Gasteiger partial charge < -0.3 is 10.3 Å². The fourth-order valence-electron chi connectivity index (χ4n) is 4.85. The summed E-state index contributed by atoms with van der Waals surface area (Å²) < 4.78 is 0. The Morgan fingerprint density at radius 3 is 2.79 bits per heavy atom. The highest BCUT2D eigenvalue weighted by molar-refractivity contribution is 7.10. The molecule has 0 saturated carbocycles. The first-order valence-corrected chi connectivity index (χ1v) is 11.4. The standard InChI is InChI=1S/C23H27N3OS/c27-23(24-15-20(21-11-6-14-28-21)26-12-3-4-13-26)18-9-5-8-17-16-7-1-2-10-19(16)25-22(17)18/h5-6,8-9,11,14,20,25H,1-4,7,10,12-13,15H2,(H,24,27). The molecule has 1 aromatic carbocycles. The van der Waals surface area contributed by atoms with E-state index in [1.807, 2.05) is 12.1 Å². The topological polar surface area (TPSA) is 48.1 Å². The molecule has 28 heavy (non-hydrogen) atoms. The number of benzene rings is 1. The average molecular weight is 394 g/mol. The van der Waals surface area contributed by atoms with Gasteiger partial charge >= 0.3 is 0 Å². The van der Waals surface area contributed by atoms with Gasteiger partial charge in [-0.05, 0) is 74.7 Å². The van der Waals surface area contributed by atoms with Crippen molar-refractivity contribution in [1.29, 1.82) is 0 Å². The Labute approximate surface area is 169 Å². The SMILES string of the molecule is O=C(NCC(c1cccs1)N1CCCC1)c1cccc2c3c([nH]c12)CCCC3. The molecule has 4 nitrogen and oxygen atoms in total. The summed E-state index contributed by atoms with van der Waals surface area (Å²) in [6.07, 6.45) is 7.21. The highest BCUT2D eigenvalue weighted by Crippen LogP contribution is 2.31. The van der Waals surface area contributed by atoms with Crippen LogP contribution in [0.4, 0.5) is 0 Å². The lowest BCUT2D eigenvalue weighted by Crippen LogP contribution is -2.36. The number of aromatic nitrogens is 1. The van der Waals surface area contributed by atoms with E-state index in [2.05, 4.69) is 38.8 Å². The second-order valence-electron chi connectivity index (χ2n) is 8.00. The van der Waals surface area contributed by atoms with Crippen molar-refractivity contribution in [3.8, 4) is 0 Å². The van der Waals surface area contributed by atoms with Crippen LogP contribution in [0, 0.1) is 0 Å². The molecule has 1 saturated heterocycles. The Hall–Kier alpha value is -2.11. The lowest BCUT2D eigenvalue weighted by Gasteiger charge is -2.27. The summed E-state index contributed by atoms with van der Waals surface area (Å²) in [5.41, 5.74) is 4.54. The van der Waals surface area contributed by atoms with Gasteiger partial charge in [0.1, 0.15) is 0 Å². The highest BCUT2D eigenvalue weighted by atomic mass is 32.1. The van der Waals surface area contributed by atoms with E-state index in [0.717, 1.165) is 37.0 Å². The summed E-state index contributed by atoms with van der Waals surface area (Å²) in [7, 11) is 0. The first kappa shape index (κ1) is 18.0. The number of nitrogens with zero attached hydrogens (tertiary/aromatic N) is 1. The molecule has 0 bridgehead atoms. The minimum absolute atomic E-state index is 0.0324. The van der Waals surface area contributed by atoms with E-state index in [0.29, 0.717) is 6.54 Å². The predicted octanol–water partition coefficient (Wildman–Crippen LogP) is 4.68. The third kappa shape index (κ3) is 3.27. The van der Waals surface area contributed by atoms with Crippen LogP contribution < -0.4 is 5.32 Å². The largest absolute Gasteiger partial charge is 0.358 e. The maximum atomic E-state index is 13.1. The number of fused-ring (bicyclic) bond motifs is 3. The molecule has 2 aliphatic rings. The summed E-state index contributed by atoms with van der Waals surface area (Å²) in [5.74, 6) is 0.0324. The van der Waals surface area contributed by atoms with E-state index < -0.39 is 0 Å².